The van der Waals surface area contributed by atoms with Gasteiger partial charge in [0.25, 0.3) is 0 Å². The van der Waals surface area contributed by atoms with Crippen molar-refractivity contribution in [2.75, 3.05) is 48.4 Å². The molecule has 8 N–H and O–H groups in total. The number of hydrogen-bond acceptors (Lipinski definition) is 6. The van der Waals surface area contributed by atoms with Gasteiger partial charge < -0.3 is 32.3 Å². The van der Waals surface area contributed by atoms with Gasteiger partial charge in [-0.15, -0.1) is 0 Å². The number of nitrogens with one attached hydrogen (secondary N) is 2. The molecule has 0 bridgehead atoms. The van der Waals surface area contributed by atoms with E-state index in [4.69, 9.17) is 21.7 Å². The molecular weight excluding hydrogens is 376 g/mol. The number of rotatable bonds is 8. The van der Waals surface area contributed by atoms with Gasteiger partial charge in [0.05, 0.1) is 13.2 Å². The highest BCUT2D eigenvalue weighted by atomic mass is 16.3. The van der Waals surface area contributed by atoms with Gasteiger partial charge in [0.2, 0.25) is 0 Å². The van der Waals surface area contributed by atoms with Gasteiger partial charge in [-0.05, 0) is 75.2 Å². The predicted octanol–water partition coefficient (Wildman–Crippen LogP) is 4.19. The van der Waals surface area contributed by atoms with Crippen LogP contribution in [0.3, 0.4) is 0 Å². The van der Waals surface area contributed by atoms with Gasteiger partial charge in [0, 0.05) is 41.4 Å². The van der Waals surface area contributed by atoms with E-state index >= 15 is 0 Å². The highest BCUT2D eigenvalue weighted by molar-refractivity contribution is 5.76. The molecule has 2 aromatic carbocycles. The summed E-state index contributed by atoms with van der Waals surface area (Å²) in [5, 5.41) is 23.6. The van der Waals surface area contributed by atoms with Gasteiger partial charge in [-0.2, -0.15) is 0 Å². The summed E-state index contributed by atoms with van der Waals surface area (Å²) in [6, 6.07) is 11.6. The van der Waals surface area contributed by atoms with E-state index in [-0.39, 0.29) is 13.2 Å². The minimum atomic E-state index is 0.127. The maximum absolute atomic E-state index is 8.71. The van der Waals surface area contributed by atoms with E-state index in [9.17, 15) is 0 Å². The van der Waals surface area contributed by atoms with Crippen LogP contribution in [0.4, 0.5) is 22.7 Å². The lowest BCUT2D eigenvalue weighted by Gasteiger charge is -2.10. The lowest BCUT2D eigenvalue weighted by molar-refractivity contribution is 0.311. The van der Waals surface area contributed by atoms with Crippen molar-refractivity contribution in [3.05, 3.63) is 59.2 Å². The molecule has 0 fully saturated rings. The van der Waals surface area contributed by atoms with E-state index in [1.165, 1.54) is 5.57 Å². The van der Waals surface area contributed by atoms with Crippen LogP contribution in [-0.4, -0.2) is 36.5 Å². The van der Waals surface area contributed by atoms with Crippen molar-refractivity contribution in [3.8, 4) is 0 Å². The Morgan fingerprint density at radius 3 is 1.90 bits per heavy atom. The van der Waals surface area contributed by atoms with Crippen molar-refractivity contribution in [3.63, 3.8) is 0 Å². The monoisotopic (exact) mass is 412 g/mol. The van der Waals surface area contributed by atoms with Crippen LogP contribution in [0, 0.1) is 0 Å². The van der Waals surface area contributed by atoms with E-state index < -0.39 is 0 Å². The molecule has 0 aliphatic carbocycles. The molecule has 0 atom stereocenters. The Hall–Kier alpha value is -2.96. The Balaban J connectivity index is 0.000000300. The maximum Gasteiger partial charge on any atom is 0.0604 e. The number of aliphatic hydroxyl groups excluding tert-OH is 2. The zero-order valence-corrected chi connectivity index (χ0v) is 18.5. The summed E-state index contributed by atoms with van der Waals surface area (Å²) >= 11 is 0. The number of nitrogens with two attached hydrogens (primary N) is 2. The fourth-order valence-electron chi connectivity index (χ4n) is 2.68. The molecule has 6 heteroatoms. The van der Waals surface area contributed by atoms with Crippen LogP contribution in [0.1, 0.15) is 38.8 Å². The smallest absolute Gasteiger partial charge is 0.0604 e. The first-order chi connectivity index (χ1) is 14.3. The molecule has 0 aliphatic rings. The summed E-state index contributed by atoms with van der Waals surface area (Å²) in [4.78, 5) is 0. The van der Waals surface area contributed by atoms with E-state index in [2.05, 4.69) is 10.6 Å². The van der Waals surface area contributed by atoms with Gasteiger partial charge in [-0.3, -0.25) is 0 Å². The molecule has 6 nitrogen and oxygen atoms in total. The summed E-state index contributed by atoms with van der Waals surface area (Å²) in [5.74, 6) is 0. The number of anilines is 4. The first-order valence-electron chi connectivity index (χ1n) is 10.1. The lowest BCUT2D eigenvalue weighted by Crippen LogP contribution is -2.06. The average molecular weight is 413 g/mol. The predicted molar refractivity (Wildman–Crippen MR) is 132 cm³/mol. The van der Waals surface area contributed by atoms with Crippen LogP contribution in [0.2, 0.25) is 0 Å². The van der Waals surface area contributed by atoms with Gasteiger partial charge >= 0.3 is 0 Å². The van der Waals surface area contributed by atoms with Crippen LogP contribution in [0.5, 0.6) is 0 Å². The molecule has 0 saturated carbocycles. The average Bonchev–Trinajstić information content (AvgIpc) is 2.73. The maximum atomic E-state index is 8.71. The van der Waals surface area contributed by atoms with E-state index in [0.29, 0.717) is 13.1 Å². The standard InChI is InChI=1S/2C12H18N2O/c1-9(2)7-10-8-11(14-5-6-15)3-4-12(10)13;1-3-9(2)11-8-10(14-6-7-15)4-5-12(11)13/h3-4,7-8,14-15H,5-6,13H2,1-2H3;3-5,8,14-15H,6-7,13H2,1-2H3/b;9-3-. The Bertz CT molecular complexity index is 856. The molecule has 164 valence electrons. The summed E-state index contributed by atoms with van der Waals surface area (Å²) in [5.41, 5.74) is 19.6. The minimum Gasteiger partial charge on any atom is -0.398 e. The molecule has 0 saturated heterocycles. The minimum absolute atomic E-state index is 0.127. The third-order valence-corrected chi connectivity index (χ3v) is 4.32. The number of hydrogen-bond donors (Lipinski definition) is 6. The Kier molecular flexibility index (Phi) is 11.1. The van der Waals surface area contributed by atoms with Crippen molar-refractivity contribution in [1.29, 1.82) is 0 Å². The molecule has 0 radical (unpaired) electrons. The second-order valence-corrected chi connectivity index (χ2v) is 7.14. The molecule has 0 unspecified atom stereocenters. The number of allylic oxidation sites excluding steroid dienone is 3. The summed E-state index contributed by atoms with van der Waals surface area (Å²) in [6.07, 6.45) is 4.07. The van der Waals surface area contributed by atoms with Gasteiger partial charge in [0.15, 0.2) is 0 Å². The van der Waals surface area contributed by atoms with E-state index in [0.717, 1.165) is 39.4 Å². The number of nitrogen functional groups attached to an aromatic ring is 2. The first kappa shape index (κ1) is 25.1. The van der Waals surface area contributed by atoms with Crippen LogP contribution in [0.15, 0.2) is 48.0 Å². The Labute approximate surface area is 180 Å². The molecule has 0 aliphatic heterocycles. The number of aliphatic hydroxyl groups is 2. The summed E-state index contributed by atoms with van der Waals surface area (Å²) in [7, 11) is 0. The fourth-order valence-corrected chi connectivity index (χ4v) is 2.68. The molecule has 0 amide bonds. The van der Waals surface area contributed by atoms with Crippen LogP contribution in [0.25, 0.3) is 11.6 Å². The lowest BCUT2D eigenvalue weighted by atomic mass is 10.0. The first-order valence-corrected chi connectivity index (χ1v) is 10.1. The van der Waals surface area contributed by atoms with Crippen molar-refractivity contribution < 1.29 is 10.2 Å². The van der Waals surface area contributed by atoms with Crippen molar-refractivity contribution in [2.45, 2.75) is 27.7 Å². The van der Waals surface area contributed by atoms with Gasteiger partial charge in [0.1, 0.15) is 0 Å². The molecular formula is C24H36N4O2. The summed E-state index contributed by atoms with van der Waals surface area (Å²) < 4.78 is 0. The quantitative estimate of drug-likeness (QED) is 0.362. The third kappa shape index (κ3) is 8.59. The fraction of sp³-hybridized carbons (Fsp3) is 0.333. The topological polar surface area (TPSA) is 117 Å². The SMILES string of the molecule is C/C=C(/C)c1cc(NCCO)ccc1N.CC(C)=Cc1cc(NCCO)ccc1N. The third-order valence-electron chi connectivity index (χ3n) is 4.32. The van der Waals surface area contributed by atoms with Crippen molar-refractivity contribution in [2.24, 2.45) is 0 Å². The van der Waals surface area contributed by atoms with Crippen LogP contribution >= 0.6 is 0 Å². The molecule has 0 aromatic heterocycles. The Morgan fingerprint density at radius 1 is 0.867 bits per heavy atom. The van der Waals surface area contributed by atoms with Crippen LogP contribution < -0.4 is 22.1 Å². The molecule has 0 spiro atoms. The molecule has 2 aromatic rings. The highest BCUT2D eigenvalue weighted by Gasteiger charge is 2.02. The zero-order valence-electron chi connectivity index (χ0n) is 18.5. The van der Waals surface area contributed by atoms with Crippen molar-refractivity contribution in [1.82, 2.24) is 0 Å². The van der Waals surface area contributed by atoms with E-state index in [1.807, 2.05) is 76.2 Å². The number of benzene rings is 2. The van der Waals surface area contributed by atoms with Gasteiger partial charge in [-0.25, -0.2) is 0 Å². The van der Waals surface area contributed by atoms with E-state index in [1.54, 1.807) is 0 Å². The summed E-state index contributed by atoms with van der Waals surface area (Å²) in [6.45, 7) is 9.45. The largest absolute Gasteiger partial charge is 0.398 e. The second kappa shape index (κ2) is 13.3. The normalized spacial score (nSPS) is 10.7. The van der Waals surface area contributed by atoms with Gasteiger partial charge in [-0.1, -0.05) is 17.7 Å². The Morgan fingerprint density at radius 2 is 1.40 bits per heavy atom. The second-order valence-electron chi connectivity index (χ2n) is 7.14. The molecule has 30 heavy (non-hydrogen) atoms. The zero-order chi connectivity index (χ0) is 22.5. The molecule has 2 rings (SSSR count). The highest BCUT2D eigenvalue weighted by Crippen LogP contribution is 2.24. The molecule has 0 heterocycles. The van der Waals surface area contributed by atoms with Crippen LogP contribution in [-0.2, 0) is 0 Å². The van der Waals surface area contributed by atoms with Crippen molar-refractivity contribution >= 4 is 34.4 Å².